The highest BCUT2D eigenvalue weighted by Crippen LogP contribution is 2.19. The van der Waals surface area contributed by atoms with Gasteiger partial charge in [-0.2, -0.15) is 0 Å². The molecule has 0 aliphatic carbocycles. The quantitative estimate of drug-likeness (QED) is 0.623. The highest BCUT2D eigenvalue weighted by molar-refractivity contribution is 5.95. The van der Waals surface area contributed by atoms with E-state index in [4.69, 9.17) is 5.73 Å². The number of hydrogen-bond acceptors (Lipinski definition) is 4. The van der Waals surface area contributed by atoms with Crippen LogP contribution in [-0.2, 0) is 0 Å². The molecule has 0 aromatic heterocycles. The number of aryl methyl sites for hydroxylation is 1. The van der Waals surface area contributed by atoms with Crippen molar-refractivity contribution < 1.29 is 9.72 Å². The van der Waals surface area contributed by atoms with Gasteiger partial charge in [-0.15, -0.1) is 0 Å². The number of nitro benzene ring substituents is 1. The summed E-state index contributed by atoms with van der Waals surface area (Å²) in [7, 11) is 0. The summed E-state index contributed by atoms with van der Waals surface area (Å²) >= 11 is 0. The van der Waals surface area contributed by atoms with Crippen molar-refractivity contribution in [1.82, 2.24) is 5.32 Å². The Bertz CT molecular complexity index is 478. The van der Waals surface area contributed by atoms with Crippen LogP contribution in [-0.4, -0.2) is 22.9 Å². The van der Waals surface area contributed by atoms with E-state index in [1.54, 1.807) is 32.9 Å². The molecule has 6 heteroatoms. The van der Waals surface area contributed by atoms with E-state index in [-0.39, 0.29) is 17.2 Å². The van der Waals surface area contributed by atoms with Crippen LogP contribution in [0.3, 0.4) is 0 Å². The molecule has 6 nitrogen and oxygen atoms in total. The monoisotopic (exact) mass is 251 g/mol. The van der Waals surface area contributed by atoms with Crippen molar-refractivity contribution in [3.05, 3.63) is 39.4 Å². The van der Waals surface area contributed by atoms with Gasteiger partial charge in [0.2, 0.25) is 0 Å². The summed E-state index contributed by atoms with van der Waals surface area (Å²) in [6.07, 6.45) is 0. The molecule has 0 bridgehead atoms. The molecule has 1 rings (SSSR count). The standard InChI is InChI=1S/C12H17N3O3/c1-8-4-5-9(6-10(8)15(17)18)11(16)14-7-12(2,3)13/h4-6H,7,13H2,1-3H3,(H,14,16). The van der Waals surface area contributed by atoms with Gasteiger partial charge < -0.3 is 11.1 Å². The first-order chi connectivity index (χ1) is 8.20. The molecule has 0 atom stereocenters. The van der Waals surface area contributed by atoms with Crippen molar-refractivity contribution in [2.24, 2.45) is 5.73 Å². The molecule has 0 heterocycles. The Kier molecular flexibility index (Phi) is 4.03. The van der Waals surface area contributed by atoms with Gasteiger partial charge in [-0.05, 0) is 26.8 Å². The number of nitrogens with zero attached hydrogens (tertiary/aromatic N) is 1. The lowest BCUT2D eigenvalue weighted by Gasteiger charge is -2.18. The van der Waals surface area contributed by atoms with Crippen LogP contribution in [0, 0.1) is 17.0 Å². The van der Waals surface area contributed by atoms with Crippen LogP contribution in [0.15, 0.2) is 18.2 Å². The lowest BCUT2D eigenvalue weighted by atomic mass is 10.1. The number of carbonyl (C=O) groups excluding carboxylic acids is 1. The fourth-order valence-corrected chi connectivity index (χ4v) is 1.36. The molecule has 1 amide bonds. The first-order valence-electron chi connectivity index (χ1n) is 5.53. The second-order valence-electron chi connectivity index (χ2n) is 4.93. The van der Waals surface area contributed by atoms with E-state index in [0.717, 1.165) is 0 Å². The van der Waals surface area contributed by atoms with Crippen molar-refractivity contribution in [2.45, 2.75) is 26.3 Å². The van der Waals surface area contributed by atoms with Crippen molar-refractivity contribution >= 4 is 11.6 Å². The van der Waals surface area contributed by atoms with Crippen LogP contribution in [0.1, 0.15) is 29.8 Å². The minimum atomic E-state index is -0.522. The van der Waals surface area contributed by atoms with Gasteiger partial charge >= 0.3 is 0 Å². The molecule has 1 aromatic rings. The Hall–Kier alpha value is -1.95. The molecule has 0 saturated carbocycles. The number of carbonyl (C=O) groups is 1. The summed E-state index contributed by atoms with van der Waals surface area (Å²) < 4.78 is 0. The third kappa shape index (κ3) is 3.81. The lowest BCUT2D eigenvalue weighted by Crippen LogP contribution is -2.45. The SMILES string of the molecule is Cc1ccc(C(=O)NCC(C)(C)N)cc1[N+](=O)[O-]. The lowest BCUT2D eigenvalue weighted by molar-refractivity contribution is -0.385. The van der Waals surface area contributed by atoms with Crippen molar-refractivity contribution in [3.63, 3.8) is 0 Å². The van der Waals surface area contributed by atoms with E-state index in [0.29, 0.717) is 12.1 Å². The normalized spacial score (nSPS) is 11.1. The van der Waals surface area contributed by atoms with E-state index >= 15 is 0 Å². The minimum Gasteiger partial charge on any atom is -0.350 e. The van der Waals surface area contributed by atoms with E-state index in [2.05, 4.69) is 5.32 Å². The molecule has 0 unspecified atom stereocenters. The summed E-state index contributed by atoms with van der Waals surface area (Å²) in [5.41, 5.74) is 5.94. The second kappa shape index (κ2) is 5.14. The fraction of sp³-hybridized carbons (Fsp3) is 0.417. The fourth-order valence-electron chi connectivity index (χ4n) is 1.36. The smallest absolute Gasteiger partial charge is 0.273 e. The largest absolute Gasteiger partial charge is 0.350 e. The van der Waals surface area contributed by atoms with Gasteiger partial charge in [-0.25, -0.2) is 0 Å². The summed E-state index contributed by atoms with van der Waals surface area (Å²) in [5, 5.41) is 13.4. The average Bonchev–Trinajstić information content (AvgIpc) is 2.25. The zero-order valence-electron chi connectivity index (χ0n) is 10.7. The number of nitro groups is 1. The van der Waals surface area contributed by atoms with Crippen LogP contribution in [0.2, 0.25) is 0 Å². The molecular weight excluding hydrogens is 234 g/mol. The molecule has 0 saturated heterocycles. The number of hydrogen-bond donors (Lipinski definition) is 2. The predicted octanol–water partition coefficient (Wildman–Crippen LogP) is 1.37. The van der Waals surface area contributed by atoms with Crippen LogP contribution in [0.5, 0.6) is 0 Å². The van der Waals surface area contributed by atoms with Crippen LogP contribution in [0.4, 0.5) is 5.69 Å². The summed E-state index contributed by atoms with van der Waals surface area (Å²) in [6, 6.07) is 4.38. The Balaban J connectivity index is 2.87. The Morgan fingerprint density at radius 3 is 2.61 bits per heavy atom. The number of nitrogens with two attached hydrogens (primary N) is 1. The third-order valence-electron chi connectivity index (χ3n) is 2.37. The highest BCUT2D eigenvalue weighted by Gasteiger charge is 2.17. The number of benzene rings is 1. The zero-order valence-corrected chi connectivity index (χ0v) is 10.7. The van der Waals surface area contributed by atoms with Gasteiger partial charge in [-0.3, -0.25) is 14.9 Å². The van der Waals surface area contributed by atoms with Gasteiger partial charge in [0.1, 0.15) is 0 Å². The molecule has 0 fully saturated rings. The Morgan fingerprint density at radius 2 is 2.11 bits per heavy atom. The maximum atomic E-state index is 11.8. The molecule has 3 N–H and O–H groups in total. The summed E-state index contributed by atoms with van der Waals surface area (Å²) in [6.45, 7) is 5.49. The van der Waals surface area contributed by atoms with Crippen molar-refractivity contribution in [1.29, 1.82) is 0 Å². The van der Waals surface area contributed by atoms with E-state index < -0.39 is 10.5 Å². The average molecular weight is 251 g/mol. The van der Waals surface area contributed by atoms with Crippen LogP contribution in [0.25, 0.3) is 0 Å². The Morgan fingerprint density at radius 1 is 1.50 bits per heavy atom. The maximum absolute atomic E-state index is 11.8. The predicted molar refractivity (Wildman–Crippen MR) is 68.4 cm³/mol. The Labute approximate surface area is 105 Å². The number of amides is 1. The zero-order chi connectivity index (χ0) is 13.9. The van der Waals surface area contributed by atoms with Gasteiger partial charge in [0.25, 0.3) is 11.6 Å². The van der Waals surface area contributed by atoms with Gasteiger partial charge in [0.05, 0.1) is 4.92 Å². The second-order valence-corrected chi connectivity index (χ2v) is 4.93. The molecule has 0 aliphatic heterocycles. The van der Waals surface area contributed by atoms with Crippen LogP contribution >= 0.6 is 0 Å². The minimum absolute atomic E-state index is 0.0605. The van der Waals surface area contributed by atoms with Crippen LogP contribution < -0.4 is 11.1 Å². The molecule has 0 radical (unpaired) electrons. The first-order valence-corrected chi connectivity index (χ1v) is 5.53. The maximum Gasteiger partial charge on any atom is 0.273 e. The number of rotatable bonds is 4. The molecule has 0 aliphatic rings. The van der Waals surface area contributed by atoms with Gasteiger partial charge in [0.15, 0.2) is 0 Å². The van der Waals surface area contributed by atoms with Gasteiger partial charge in [-0.1, -0.05) is 6.07 Å². The molecule has 0 spiro atoms. The molecular formula is C12H17N3O3. The van der Waals surface area contributed by atoms with E-state index in [9.17, 15) is 14.9 Å². The van der Waals surface area contributed by atoms with E-state index in [1.807, 2.05) is 0 Å². The number of nitrogens with one attached hydrogen (secondary N) is 1. The van der Waals surface area contributed by atoms with Crippen molar-refractivity contribution in [2.75, 3.05) is 6.54 Å². The third-order valence-corrected chi connectivity index (χ3v) is 2.37. The van der Waals surface area contributed by atoms with Crippen molar-refractivity contribution in [3.8, 4) is 0 Å². The summed E-state index contributed by atoms with van der Waals surface area (Å²) in [4.78, 5) is 22.1. The van der Waals surface area contributed by atoms with E-state index in [1.165, 1.54) is 6.07 Å². The molecule has 18 heavy (non-hydrogen) atoms. The summed E-state index contributed by atoms with van der Waals surface area (Å²) in [5.74, 6) is -0.364. The topological polar surface area (TPSA) is 98.3 Å². The highest BCUT2D eigenvalue weighted by atomic mass is 16.6. The molecule has 1 aromatic carbocycles. The molecule has 98 valence electrons. The van der Waals surface area contributed by atoms with Gasteiger partial charge in [0, 0.05) is 29.3 Å². The first kappa shape index (κ1) is 14.1.